The minimum atomic E-state index is 0.501. The monoisotopic (exact) mass is 237 g/mol. The number of halogens is 1. The van der Waals surface area contributed by atoms with Crippen molar-refractivity contribution in [3.05, 3.63) is 41.0 Å². The standard InChI is InChI=1S/C11H12ClN3O/c1-16-10-3-2-9(12)6-8(10)7-15-5-4-11(13)14-15/h2-6H,7H2,1H3,(H2,13,14). The summed E-state index contributed by atoms with van der Waals surface area (Å²) in [4.78, 5) is 0. The van der Waals surface area contributed by atoms with Crippen molar-refractivity contribution in [2.75, 3.05) is 12.8 Å². The fourth-order valence-electron chi connectivity index (χ4n) is 1.51. The van der Waals surface area contributed by atoms with E-state index in [9.17, 15) is 0 Å². The van der Waals surface area contributed by atoms with Crippen molar-refractivity contribution in [1.82, 2.24) is 9.78 Å². The predicted molar refractivity (Wildman–Crippen MR) is 63.7 cm³/mol. The van der Waals surface area contributed by atoms with Gasteiger partial charge in [0.15, 0.2) is 0 Å². The summed E-state index contributed by atoms with van der Waals surface area (Å²) < 4.78 is 6.99. The van der Waals surface area contributed by atoms with Crippen molar-refractivity contribution in [3.63, 3.8) is 0 Å². The minimum absolute atomic E-state index is 0.501. The number of nitrogens with zero attached hydrogens (tertiary/aromatic N) is 2. The first-order valence-electron chi connectivity index (χ1n) is 4.80. The fourth-order valence-corrected chi connectivity index (χ4v) is 1.71. The quantitative estimate of drug-likeness (QED) is 0.890. The molecule has 1 heterocycles. The predicted octanol–water partition coefficient (Wildman–Crippen LogP) is 2.18. The number of benzene rings is 1. The van der Waals surface area contributed by atoms with E-state index in [4.69, 9.17) is 22.1 Å². The number of nitrogen functional groups attached to an aromatic ring is 1. The van der Waals surface area contributed by atoms with Crippen LogP contribution in [0.3, 0.4) is 0 Å². The van der Waals surface area contributed by atoms with Crippen molar-refractivity contribution >= 4 is 17.4 Å². The lowest BCUT2D eigenvalue weighted by Gasteiger charge is -2.08. The van der Waals surface area contributed by atoms with Crippen LogP contribution in [0.1, 0.15) is 5.56 Å². The van der Waals surface area contributed by atoms with Gasteiger partial charge >= 0.3 is 0 Å². The van der Waals surface area contributed by atoms with E-state index in [1.165, 1.54) is 0 Å². The Kier molecular flexibility index (Phi) is 3.01. The van der Waals surface area contributed by atoms with Crippen molar-refractivity contribution in [2.24, 2.45) is 0 Å². The number of nitrogens with two attached hydrogens (primary N) is 1. The summed E-state index contributed by atoms with van der Waals surface area (Å²) >= 11 is 5.94. The average molecular weight is 238 g/mol. The molecule has 1 aromatic carbocycles. The topological polar surface area (TPSA) is 53.1 Å². The molecule has 0 fully saturated rings. The highest BCUT2D eigenvalue weighted by Crippen LogP contribution is 2.23. The van der Waals surface area contributed by atoms with Gasteiger partial charge in [0, 0.05) is 16.8 Å². The Bertz CT molecular complexity index is 496. The highest BCUT2D eigenvalue weighted by molar-refractivity contribution is 6.30. The molecular formula is C11H12ClN3O. The van der Waals surface area contributed by atoms with Crippen molar-refractivity contribution in [2.45, 2.75) is 6.54 Å². The maximum atomic E-state index is 5.94. The van der Waals surface area contributed by atoms with E-state index in [1.807, 2.05) is 18.3 Å². The summed E-state index contributed by atoms with van der Waals surface area (Å²) in [5.41, 5.74) is 6.51. The number of anilines is 1. The van der Waals surface area contributed by atoms with E-state index in [-0.39, 0.29) is 0 Å². The molecule has 0 unspecified atom stereocenters. The molecular weight excluding hydrogens is 226 g/mol. The molecule has 2 rings (SSSR count). The van der Waals surface area contributed by atoms with Crippen LogP contribution in [-0.2, 0) is 6.54 Å². The molecule has 0 saturated carbocycles. The number of hydrogen-bond donors (Lipinski definition) is 1. The number of ether oxygens (including phenoxy) is 1. The first-order valence-corrected chi connectivity index (χ1v) is 5.18. The highest BCUT2D eigenvalue weighted by atomic mass is 35.5. The van der Waals surface area contributed by atoms with Gasteiger partial charge in [0.1, 0.15) is 11.6 Å². The molecule has 0 radical (unpaired) electrons. The Labute approximate surface area is 98.6 Å². The Morgan fingerprint density at radius 1 is 1.44 bits per heavy atom. The van der Waals surface area contributed by atoms with Crippen molar-refractivity contribution in [1.29, 1.82) is 0 Å². The second-order valence-corrected chi connectivity index (χ2v) is 3.83. The van der Waals surface area contributed by atoms with E-state index in [0.29, 0.717) is 17.4 Å². The molecule has 0 atom stereocenters. The summed E-state index contributed by atoms with van der Waals surface area (Å²) in [6.07, 6.45) is 1.82. The number of hydrogen-bond acceptors (Lipinski definition) is 3. The summed E-state index contributed by atoms with van der Waals surface area (Å²) in [7, 11) is 1.63. The zero-order valence-electron chi connectivity index (χ0n) is 8.85. The Hall–Kier alpha value is -1.68. The van der Waals surface area contributed by atoms with Crippen LogP contribution >= 0.6 is 11.6 Å². The second kappa shape index (κ2) is 4.45. The molecule has 2 aromatic rings. The average Bonchev–Trinajstić information content (AvgIpc) is 2.64. The van der Waals surface area contributed by atoms with E-state index >= 15 is 0 Å². The molecule has 0 aliphatic carbocycles. The van der Waals surface area contributed by atoms with E-state index in [0.717, 1.165) is 11.3 Å². The summed E-state index contributed by atoms with van der Waals surface area (Å²) in [6, 6.07) is 7.24. The van der Waals surface area contributed by atoms with Gasteiger partial charge in [-0.3, -0.25) is 4.68 Å². The lowest BCUT2D eigenvalue weighted by atomic mass is 10.2. The minimum Gasteiger partial charge on any atom is -0.496 e. The van der Waals surface area contributed by atoms with Gasteiger partial charge in [-0.1, -0.05) is 11.6 Å². The van der Waals surface area contributed by atoms with Crippen LogP contribution in [0.4, 0.5) is 5.82 Å². The Morgan fingerprint density at radius 2 is 2.25 bits per heavy atom. The van der Waals surface area contributed by atoms with Crippen LogP contribution in [0.5, 0.6) is 5.75 Å². The fraction of sp³-hybridized carbons (Fsp3) is 0.182. The molecule has 2 N–H and O–H groups in total. The van der Waals surface area contributed by atoms with E-state index in [2.05, 4.69) is 5.10 Å². The smallest absolute Gasteiger partial charge is 0.145 e. The van der Waals surface area contributed by atoms with Gasteiger partial charge in [0.25, 0.3) is 0 Å². The molecule has 0 saturated heterocycles. The summed E-state index contributed by atoms with van der Waals surface area (Å²) in [5, 5.41) is 4.78. The molecule has 5 heteroatoms. The van der Waals surface area contributed by atoms with Crippen molar-refractivity contribution < 1.29 is 4.74 Å². The molecule has 0 spiro atoms. The number of methoxy groups -OCH3 is 1. The van der Waals surface area contributed by atoms with Gasteiger partial charge < -0.3 is 10.5 Å². The maximum Gasteiger partial charge on any atom is 0.145 e. The molecule has 1 aromatic heterocycles. The van der Waals surface area contributed by atoms with E-state index in [1.54, 1.807) is 23.9 Å². The van der Waals surface area contributed by atoms with Crippen LogP contribution in [0, 0.1) is 0 Å². The first-order chi connectivity index (χ1) is 7.69. The van der Waals surface area contributed by atoms with Crippen LogP contribution in [-0.4, -0.2) is 16.9 Å². The SMILES string of the molecule is COc1ccc(Cl)cc1Cn1ccc(N)n1. The third-order valence-corrected chi connectivity index (χ3v) is 2.47. The van der Waals surface area contributed by atoms with Gasteiger partial charge in [-0.05, 0) is 24.3 Å². The third kappa shape index (κ3) is 2.28. The first kappa shape index (κ1) is 10.8. The normalized spacial score (nSPS) is 10.4. The van der Waals surface area contributed by atoms with Gasteiger partial charge in [0.2, 0.25) is 0 Å². The summed E-state index contributed by atoms with van der Waals surface area (Å²) in [5.74, 6) is 1.29. The molecule has 4 nitrogen and oxygen atoms in total. The van der Waals surface area contributed by atoms with Crippen LogP contribution in [0.25, 0.3) is 0 Å². The molecule has 0 aliphatic heterocycles. The Morgan fingerprint density at radius 3 is 2.88 bits per heavy atom. The molecule has 0 amide bonds. The Balaban J connectivity index is 2.29. The molecule has 16 heavy (non-hydrogen) atoms. The van der Waals surface area contributed by atoms with Crippen LogP contribution < -0.4 is 10.5 Å². The van der Waals surface area contributed by atoms with Gasteiger partial charge in [0.05, 0.1) is 13.7 Å². The largest absolute Gasteiger partial charge is 0.496 e. The highest BCUT2D eigenvalue weighted by Gasteiger charge is 2.05. The lowest BCUT2D eigenvalue weighted by molar-refractivity contribution is 0.407. The third-order valence-electron chi connectivity index (χ3n) is 2.24. The maximum absolute atomic E-state index is 5.94. The van der Waals surface area contributed by atoms with Gasteiger partial charge in [-0.25, -0.2) is 0 Å². The van der Waals surface area contributed by atoms with Crippen LogP contribution in [0.15, 0.2) is 30.5 Å². The van der Waals surface area contributed by atoms with Gasteiger partial charge in [-0.2, -0.15) is 5.10 Å². The van der Waals surface area contributed by atoms with Crippen LogP contribution in [0.2, 0.25) is 5.02 Å². The molecule has 0 bridgehead atoms. The molecule has 0 aliphatic rings. The summed E-state index contributed by atoms with van der Waals surface area (Å²) in [6.45, 7) is 0.584. The zero-order chi connectivity index (χ0) is 11.5. The number of rotatable bonds is 3. The second-order valence-electron chi connectivity index (χ2n) is 3.39. The number of aromatic nitrogens is 2. The van der Waals surface area contributed by atoms with Gasteiger partial charge in [-0.15, -0.1) is 0 Å². The van der Waals surface area contributed by atoms with Crippen molar-refractivity contribution in [3.8, 4) is 5.75 Å². The molecule has 84 valence electrons. The lowest BCUT2D eigenvalue weighted by Crippen LogP contribution is -2.03. The zero-order valence-corrected chi connectivity index (χ0v) is 9.61. The van der Waals surface area contributed by atoms with E-state index < -0.39 is 0 Å².